The molecule has 0 aromatic heterocycles. The first kappa shape index (κ1) is 10.4. The van der Waals surface area contributed by atoms with Crippen molar-refractivity contribution >= 4 is 5.78 Å². The van der Waals surface area contributed by atoms with E-state index < -0.39 is 5.54 Å². The molecule has 1 aromatic rings. The molecule has 0 heterocycles. The molecule has 1 aliphatic carbocycles. The van der Waals surface area contributed by atoms with Crippen molar-refractivity contribution in [3.05, 3.63) is 35.9 Å². The van der Waals surface area contributed by atoms with Crippen molar-refractivity contribution in [2.45, 2.75) is 31.7 Å². The molecule has 1 aromatic carbocycles. The maximum atomic E-state index is 11.7. The van der Waals surface area contributed by atoms with Gasteiger partial charge >= 0.3 is 0 Å². The number of Topliss-reactive ketones (excluding diaryl/α,β-unsaturated/α-hetero) is 1. The Morgan fingerprint density at radius 2 is 1.93 bits per heavy atom. The Balaban J connectivity index is 2.38. The Morgan fingerprint density at radius 3 is 2.33 bits per heavy atom. The van der Waals surface area contributed by atoms with Gasteiger partial charge in [0.15, 0.2) is 5.78 Å². The molecule has 0 amide bonds. The number of ketones is 1. The van der Waals surface area contributed by atoms with Crippen molar-refractivity contribution in [2.75, 3.05) is 0 Å². The lowest BCUT2D eigenvalue weighted by molar-refractivity contribution is -0.126. The molecule has 0 aliphatic heterocycles. The molecular weight excluding hydrogens is 186 g/mol. The Labute approximate surface area is 90.5 Å². The van der Waals surface area contributed by atoms with E-state index in [1.165, 1.54) is 0 Å². The Bertz CT molecular complexity index is 356. The van der Waals surface area contributed by atoms with Crippen LogP contribution in [-0.2, 0) is 10.3 Å². The van der Waals surface area contributed by atoms with E-state index in [2.05, 4.69) is 0 Å². The van der Waals surface area contributed by atoms with Crippen molar-refractivity contribution in [1.82, 2.24) is 5.73 Å². The van der Waals surface area contributed by atoms with Crippen LogP contribution < -0.4 is 5.73 Å². The van der Waals surface area contributed by atoms with E-state index in [-0.39, 0.29) is 11.7 Å². The molecule has 2 nitrogen and oxygen atoms in total. The van der Waals surface area contributed by atoms with Crippen molar-refractivity contribution < 1.29 is 4.79 Å². The molecule has 79 valence electrons. The first-order valence-corrected chi connectivity index (χ1v) is 5.47. The highest BCUT2D eigenvalue weighted by molar-refractivity contribution is 5.87. The number of hydrogen-bond acceptors (Lipinski definition) is 1. The van der Waals surface area contributed by atoms with Gasteiger partial charge in [-0.15, -0.1) is 0 Å². The molecule has 2 rings (SSSR count). The fourth-order valence-corrected chi connectivity index (χ4v) is 2.27. The fourth-order valence-electron chi connectivity index (χ4n) is 2.27. The Kier molecular flexibility index (Phi) is 2.61. The van der Waals surface area contributed by atoms with Crippen molar-refractivity contribution in [3.8, 4) is 0 Å². The molecule has 2 heteroatoms. The van der Waals surface area contributed by atoms with Gasteiger partial charge in [0.05, 0.1) is 0 Å². The summed E-state index contributed by atoms with van der Waals surface area (Å²) < 4.78 is 0. The summed E-state index contributed by atoms with van der Waals surface area (Å²) in [5.41, 5.74) is 8.27. The summed E-state index contributed by atoms with van der Waals surface area (Å²) >= 11 is 0. The molecule has 1 saturated carbocycles. The summed E-state index contributed by atoms with van der Waals surface area (Å²) in [5, 5.41) is 0. The lowest BCUT2D eigenvalue weighted by atomic mass is 9.66. The van der Waals surface area contributed by atoms with Crippen LogP contribution in [0.2, 0.25) is 0 Å². The highest BCUT2D eigenvalue weighted by Crippen LogP contribution is 2.42. The number of benzene rings is 1. The molecule has 15 heavy (non-hydrogen) atoms. The third-order valence-corrected chi connectivity index (χ3v) is 3.50. The minimum atomic E-state index is -1.00. The number of nitrogens with one attached hydrogen (secondary N) is 1. The van der Waals surface area contributed by atoms with E-state index in [1.807, 2.05) is 30.3 Å². The molecule has 1 atom stereocenters. The van der Waals surface area contributed by atoms with E-state index in [0.717, 1.165) is 24.8 Å². The minimum Gasteiger partial charge on any atom is -0.297 e. The van der Waals surface area contributed by atoms with Crippen LogP contribution >= 0.6 is 0 Å². The zero-order valence-electron chi connectivity index (χ0n) is 8.99. The summed E-state index contributed by atoms with van der Waals surface area (Å²) in [6.45, 7) is 1.54. The molecule has 1 fully saturated rings. The van der Waals surface area contributed by atoms with Crippen LogP contribution in [0.1, 0.15) is 31.7 Å². The summed E-state index contributed by atoms with van der Waals surface area (Å²) in [7, 11) is 0. The largest absolute Gasteiger partial charge is 0.297 e. The zero-order chi connectivity index (χ0) is 10.9. The van der Waals surface area contributed by atoms with Gasteiger partial charge in [-0.25, -0.2) is 5.73 Å². The molecule has 1 unspecified atom stereocenters. The van der Waals surface area contributed by atoms with E-state index >= 15 is 0 Å². The van der Waals surface area contributed by atoms with Gasteiger partial charge in [-0.1, -0.05) is 36.8 Å². The minimum absolute atomic E-state index is 0.0293. The predicted octanol–water partition coefficient (Wildman–Crippen LogP) is 2.55. The van der Waals surface area contributed by atoms with E-state index in [0.29, 0.717) is 0 Å². The molecule has 1 radical (unpaired) electrons. The lowest BCUT2D eigenvalue weighted by Crippen LogP contribution is -2.46. The molecule has 0 spiro atoms. The number of carbonyl (C=O) groups is 1. The molecule has 0 bridgehead atoms. The Morgan fingerprint density at radius 1 is 1.33 bits per heavy atom. The molecular formula is C13H16NO. The first-order valence-electron chi connectivity index (χ1n) is 5.47. The third-order valence-electron chi connectivity index (χ3n) is 3.50. The summed E-state index contributed by atoms with van der Waals surface area (Å²) in [5.74, 6) is 0.191. The highest BCUT2D eigenvalue weighted by atomic mass is 16.1. The van der Waals surface area contributed by atoms with Crippen molar-refractivity contribution in [2.24, 2.45) is 5.92 Å². The SMILES string of the molecule is CC(=O)C([NH])(c1ccccc1)C1CCC1. The zero-order valence-corrected chi connectivity index (χ0v) is 8.99. The maximum absolute atomic E-state index is 11.7. The van der Waals surface area contributed by atoms with Crippen LogP contribution in [-0.4, -0.2) is 5.78 Å². The third kappa shape index (κ3) is 1.59. The van der Waals surface area contributed by atoms with Crippen LogP contribution in [0.4, 0.5) is 0 Å². The number of rotatable bonds is 3. The summed E-state index contributed by atoms with van der Waals surface area (Å²) in [4.78, 5) is 11.7. The fraction of sp³-hybridized carbons (Fsp3) is 0.462. The number of carbonyl (C=O) groups excluding carboxylic acids is 1. The average Bonchev–Trinajstić information content (AvgIpc) is 2.16. The average molecular weight is 202 g/mol. The van der Waals surface area contributed by atoms with E-state index in [4.69, 9.17) is 5.73 Å². The van der Waals surface area contributed by atoms with Gasteiger partial charge in [-0.05, 0) is 31.2 Å². The van der Waals surface area contributed by atoms with E-state index in [1.54, 1.807) is 6.92 Å². The van der Waals surface area contributed by atoms with Gasteiger partial charge in [-0.3, -0.25) is 4.79 Å². The van der Waals surface area contributed by atoms with Crippen LogP contribution in [0.15, 0.2) is 30.3 Å². The van der Waals surface area contributed by atoms with Gasteiger partial charge in [0.25, 0.3) is 0 Å². The smallest absolute Gasteiger partial charge is 0.155 e. The maximum Gasteiger partial charge on any atom is 0.155 e. The molecule has 1 N–H and O–H groups in total. The highest BCUT2D eigenvalue weighted by Gasteiger charge is 2.44. The van der Waals surface area contributed by atoms with E-state index in [9.17, 15) is 4.79 Å². The summed E-state index contributed by atoms with van der Waals surface area (Å²) in [6.07, 6.45) is 3.18. The predicted molar refractivity (Wildman–Crippen MR) is 59.2 cm³/mol. The molecule has 0 saturated heterocycles. The standard InChI is InChI=1S/C13H16NO/c1-10(15)13(14,12-8-5-9-12)11-6-3-2-4-7-11/h2-4,6-7,12,14H,5,8-9H2,1H3. The molecule has 1 aliphatic rings. The lowest BCUT2D eigenvalue weighted by Gasteiger charge is -2.40. The van der Waals surface area contributed by atoms with Gasteiger partial charge in [0.1, 0.15) is 5.54 Å². The van der Waals surface area contributed by atoms with Gasteiger partial charge in [0, 0.05) is 0 Å². The van der Waals surface area contributed by atoms with Crippen LogP contribution in [0.3, 0.4) is 0 Å². The van der Waals surface area contributed by atoms with Crippen molar-refractivity contribution in [3.63, 3.8) is 0 Å². The monoisotopic (exact) mass is 202 g/mol. The van der Waals surface area contributed by atoms with Crippen LogP contribution in [0.5, 0.6) is 0 Å². The van der Waals surface area contributed by atoms with Crippen molar-refractivity contribution in [1.29, 1.82) is 0 Å². The first-order chi connectivity index (χ1) is 7.15. The summed E-state index contributed by atoms with van der Waals surface area (Å²) in [6, 6.07) is 9.52. The quantitative estimate of drug-likeness (QED) is 0.742. The Hall–Kier alpha value is -1.15. The second-order valence-electron chi connectivity index (χ2n) is 4.36. The topological polar surface area (TPSA) is 40.9 Å². The van der Waals surface area contributed by atoms with Crippen LogP contribution in [0, 0.1) is 5.92 Å². The van der Waals surface area contributed by atoms with Gasteiger partial charge in [0.2, 0.25) is 0 Å². The van der Waals surface area contributed by atoms with Crippen LogP contribution in [0.25, 0.3) is 0 Å². The number of hydrogen-bond donors (Lipinski definition) is 0. The second kappa shape index (κ2) is 3.78. The van der Waals surface area contributed by atoms with Gasteiger partial charge in [-0.2, -0.15) is 0 Å². The second-order valence-corrected chi connectivity index (χ2v) is 4.36. The van der Waals surface area contributed by atoms with Gasteiger partial charge < -0.3 is 0 Å². The normalized spacial score (nSPS) is 20.4.